The molecule has 0 aliphatic heterocycles. The molecule has 1 amide bonds. The van der Waals surface area contributed by atoms with Gasteiger partial charge in [0.05, 0.1) is 17.7 Å². The SMILES string of the molecule is Cc1nc(S[C@H](C)C(=O)N(CCC#N)c2ccc(F)cc2)c2c3c(sc2n1)CCC3. The van der Waals surface area contributed by atoms with Crippen molar-refractivity contribution in [2.24, 2.45) is 0 Å². The molecular formula is C22H21FN4OS2. The van der Waals surface area contributed by atoms with Gasteiger partial charge in [0.15, 0.2) is 0 Å². The predicted octanol–water partition coefficient (Wildman–Crippen LogP) is 5.06. The zero-order chi connectivity index (χ0) is 21.3. The molecule has 154 valence electrons. The van der Waals surface area contributed by atoms with E-state index in [9.17, 15) is 9.18 Å². The maximum absolute atomic E-state index is 13.3. The lowest BCUT2D eigenvalue weighted by Gasteiger charge is -2.25. The van der Waals surface area contributed by atoms with E-state index < -0.39 is 5.25 Å². The summed E-state index contributed by atoms with van der Waals surface area (Å²) in [6.45, 7) is 3.99. The van der Waals surface area contributed by atoms with Gasteiger partial charge in [-0.3, -0.25) is 4.79 Å². The fraction of sp³-hybridized carbons (Fsp3) is 0.364. The predicted molar refractivity (Wildman–Crippen MR) is 118 cm³/mol. The number of carbonyl (C=O) groups is 1. The van der Waals surface area contributed by atoms with Crippen molar-refractivity contribution in [3.05, 3.63) is 46.3 Å². The summed E-state index contributed by atoms with van der Waals surface area (Å²) in [5, 5.41) is 10.5. The summed E-state index contributed by atoms with van der Waals surface area (Å²) in [6.07, 6.45) is 3.47. The Balaban J connectivity index is 1.63. The topological polar surface area (TPSA) is 69.9 Å². The van der Waals surface area contributed by atoms with Gasteiger partial charge in [-0.25, -0.2) is 14.4 Å². The molecule has 0 fully saturated rings. The van der Waals surface area contributed by atoms with Gasteiger partial charge in [0.2, 0.25) is 5.91 Å². The van der Waals surface area contributed by atoms with Gasteiger partial charge in [-0.05, 0) is 62.9 Å². The maximum atomic E-state index is 13.3. The largest absolute Gasteiger partial charge is 0.310 e. The number of thioether (sulfide) groups is 1. The molecule has 0 radical (unpaired) electrons. The molecule has 3 aromatic rings. The van der Waals surface area contributed by atoms with Crippen LogP contribution in [0.3, 0.4) is 0 Å². The zero-order valence-electron chi connectivity index (χ0n) is 16.8. The first kappa shape index (κ1) is 20.8. The second-order valence-corrected chi connectivity index (χ2v) is 9.66. The van der Waals surface area contributed by atoms with Crippen LogP contribution in [-0.2, 0) is 17.6 Å². The van der Waals surface area contributed by atoms with Gasteiger partial charge in [0.1, 0.15) is 21.5 Å². The highest BCUT2D eigenvalue weighted by atomic mass is 32.2. The van der Waals surface area contributed by atoms with Crippen LogP contribution in [0.2, 0.25) is 0 Å². The second-order valence-electron chi connectivity index (χ2n) is 7.25. The molecule has 4 rings (SSSR count). The first-order chi connectivity index (χ1) is 14.5. The van der Waals surface area contributed by atoms with Crippen LogP contribution in [0.25, 0.3) is 10.2 Å². The van der Waals surface area contributed by atoms with E-state index >= 15 is 0 Å². The van der Waals surface area contributed by atoms with Crippen molar-refractivity contribution >= 4 is 44.9 Å². The lowest BCUT2D eigenvalue weighted by Crippen LogP contribution is -2.37. The molecule has 0 spiro atoms. The second kappa shape index (κ2) is 8.70. The van der Waals surface area contributed by atoms with Gasteiger partial charge in [0.25, 0.3) is 0 Å². The number of fused-ring (bicyclic) bond motifs is 3. The van der Waals surface area contributed by atoms with Crippen molar-refractivity contribution in [2.45, 2.75) is 49.8 Å². The van der Waals surface area contributed by atoms with Crippen molar-refractivity contribution in [2.75, 3.05) is 11.4 Å². The van der Waals surface area contributed by atoms with Crippen LogP contribution in [-0.4, -0.2) is 27.7 Å². The molecule has 0 saturated carbocycles. The molecular weight excluding hydrogens is 419 g/mol. The van der Waals surface area contributed by atoms with Crippen LogP contribution in [0.15, 0.2) is 29.3 Å². The van der Waals surface area contributed by atoms with Crippen molar-refractivity contribution in [3.8, 4) is 6.07 Å². The Labute approximate surface area is 182 Å². The molecule has 30 heavy (non-hydrogen) atoms. The number of hydrogen-bond donors (Lipinski definition) is 0. The highest BCUT2D eigenvalue weighted by Crippen LogP contribution is 2.41. The number of carbonyl (C=O) groups excluding carboxylic acids is 1. The molecule has 2 aromatic heterocycles. The van der Waals surface area contributed by atoms with E-state index in [2.05, 4.69) is 16.0 Å². The van der Waals surface area contributed by atoms with Gasteiger partial charge < -0.3 is 4.90 Å². The molecule has 0 N–H and O–H groups in total. The molecule has 1 aliphatic rings. The van der Waals surface area contributed by atoms with E-state index in [1.54, 1.807) is 28.4 Å². The molecule has 5 nitrogen and oxygen atoms in total. The number of hydrogen-bond acceptors (Lipinski definition) is 6. The van der Waals surface area contributed by atoms with E-state index in [4.69, 9.17) is 5.26 Å². The summed E-state index contributed by atoms with van der Waals surface area (Å²) in [7, 11) is 0. The highest BCUT2D eigenvalue weighted by molar-refractivity contribution is 8.00. The van der Waals surface area contributed by atoms with E-state index in [1.807, 2.05) is 13.8 Å². The Hall–Kier alpha value is -2.50. The average molecular weight is 441 g/mol. The summed E-state index contributed by atoms with van der Waals surface area (Å²) in [5.41, 5.74) is 1.92. The van der Waals surface area contributed by atoms with Crippen molar-refractivity contribution in [3.63, 3.8) is 0 Å². The monoisotopic (exact) mass is 440 g/mol. The van der Waals surface area contributed by atoms with Crippen molar-refractivity contribution in [1.82, 2.24) is 9.97 Å². The normalized spacial score (nSPS) is 13.8. The molecule has 1 aliphatic carbocycles. The lowest BCUT2D eigenvalue weighted by atomic mass is 10.2. The third-order valence-corrected chi connectivity index (χ3v) is 7.39. The zero-order valence-corrected chi connectivity index (χ0v) is 18.4. The van der Waals surface area contributed by atoms with Crippen LogP contribution in [0.5, 0.6) is 0 Å². The summed E-state index contributed by atoms with van der Waals surface area (Å²) in [4.78, 5) is 26.5. The molecule has 1 atom stereocenters. The lowest BCUT2D eigenvalue weighted by molar-refractivity contribution is -0.117. The number of aromatic nitrogens is 2. The molecule has 0 bridgehead atoms. The molecule has 8 heteroatoms. The van der Waals surface area contributed by atoms with Gasteiger partial charge >= 0.3 is 0 Å². The van der Waals surface area contributed by atoms with Crippen molar-refractivity contribution in [1.29, 1.82) is 5.26 Å². The molecule has 2 heterocycles. The third kappa shape index (κ3) is 4.05. The molecule has 0 saturated heterocycles. The van der Waals surface area contributed by atoms with E-state index in [1.165, 1.54) is 34.3 Å². The number of anilines is 1. The van der Waals surface area contributed by atoms with Gasteiger partial charge in [-0.2, -0.15) is 5.26 Å². The fourth-order valence-corrected chi connectivity index (χ4v) is 6.19. The number of amides is 1. The quantitative estimate of drug-likeness (QED) is 0.396. The van der Waals surface area contributed by atoms with Gasteiger partial charge in [-0.15, -0.1) is 11.3 Å². The number of aryl methyl sites for hydroxylation is 3. The number of rotatable bonds is 6. The Kier molecular flexibility index (Phi) is 6.02. The average Bonchev–Trinajstić information content (AvgIpc) is 3.29. The highest BCUT2D eigenvalue weighted by Gasteiger charge is 2.27. The molecule has 1 aromatic carbocycles. The van der Waals surface area contributed by atoms with Crippen LogP contribution in [0, 0.1) is 24.1 Å². The standard InChI is InChI=1S/C22H21FN4OS2/c1-13(22(28)27(12-4-11-24)16-9-7-15(23)8-10-16)29-20-19-17-5-3-6-18(17)30-21(19)26-14(2)25-20/h7-10,13H,3-6,12H2,1-2H3/t13-/m1/s1. The summed E-state index contributed by atoms with van der Waals surface area (Å²) in [6, 6.07) is 7.88. The van der Waals surface area contributed by atoms with Gasteiger partial charge in [0, 0.05) is 22.5 Å². The summed E-state index contributed by atoms with van der Waals surface area (Å²) >= 11 is 3.17. The Morgan fingerprint density at radius 2 is 2.10 bits per heavy atom. The number of thiophene rings is 1. The third-order valence-electron chi connectivity index (χ3n) is 5.13. The molecule has 0 unspecified atom stereocenters. The first-order valence-corrected chi connectivity index (χ1v) is 11.6. The number of nitriles is 1. The smallest absolute Gasteiger partial charge is 0.240 e. The number of halogens is 1. The van der Waals surface area contributed by atoms with Gasteiger partial charge in [-0.1, -0.05) is 11.8 Å². The van der Waals surface area contributed by atoms with Crippen LogP contribution in [0.1, 0.15) is 36.0 Å². The number of nitrogens with zero attached hydrogens (tertiary/aromatic N) is 4. The van der Waals surface area contributed by atoms with E-state index in [-0.39, 0.29) is 24.7 Å². The Bertz CT molecular complexity index is 1140. The summed E-state index contributed by atoms with van der Waals surface area (Å²) in [5.74, 6) is 0.210. The van der Waals surface area contributed by atoms with Crippen molar-refractivity contribution < 1.29 is 9.18 Å². The van der Waals surface area contributed by atoms with E-state index in [0.29, 0.717) is 11.5 Å². The summed E-state index contributed by atoms with van der Waals surface area (Å²) < 4.78 is 13.3. The minimum Gasteiger partial charge on any atom is -0.310 e. The van der Waals surface area contributed by atoms with E-state index in [0.717, 1.165) is 34.5 Å². The maximum Gasteiger partial charge on any atom is 0.240 e. The van der Waals surface area contributed by atoms with Crippen LogP contribution in [0.4, 0.5) is 10.1 Å². The Morgan fingerprint density at radius 3 is 2.83 bits per heavy atom. The van der Waals surface area contributed by atoms with Crippen LogP contribution < -0.4 is 4.90 Å². The fourth-order valence-electron chi connectivity index (χ4n) is 3.74. The first-order valence-electron chi connectivity index (χ1n) is 9.87. The Morgan fingerprint density at radius 1 is 1.33 bits per heavy atom. The minimum atomic E-state index is -0.414. The number of benzene rings is 1. The van der Waals surface area contributed by atoms with Crippen LogP contribution >= 0.6 is 23.1 Å². The minimum absolute atomic E-state index is 0.127.